The van der Waals surface area contributed by atoms with Gasteiger partial charge in [-0.3, -0.25) is 4.79 Å². The van der Waals surface area contributed by atoms with Crippen LogP contribution in [0.5, 0.6) is 0 Å². The minimum atomic E-state index is -0.224. The van der Waals surface area contributed by atoms with Crippen LogP contribution in [0.4, 0.5) is 0 Å². The maximum Gasteiger partial charge on any atom is 0.272 e. The molecular weight excluding hydrogens is 268 g/mol. The molecule has 5 heteroatoms. The number of nitrogens with zero attached hydrogens (tertiary/aromatic N) is 2. The molecular formula is C16H22N2O3. The molecule has 1 spiro atoms. The van der Waals surface area contributed by atoms with Gasteiger partial charge in [-0.25, -0.2) is 4.98 Å². The van der Waals surface area contributed by atoms with Gasteiger partial charge in [0.05, 0.1) is 24.9 Å². The first-order valence-electron chi connectivity index (χ1n) is 7.52. The normalized spacial score (nSPS) is 29.0. The molecule has 3 rings (SSSR count). The van der Waals surface area contributed by atoms with E-state index in [9.17, 15) is 4.79 Å². The van der Waals surface area contributed by atoms with Crippen LogP contribution in [-0.4, -0.2) is 54.3 Å². The van der Waals surface area contributed by atoms with Crippen LogP contribution in [0.25, 0.3) is 0 Å². The average Bonchev–Trinajstić information content (AvgIpc) is 2.89. The average molecular weight is 290 g/mol. The molecule has 2 saturated heterocycles. The second kappa shape index (κ2) is 5.73. The zero-order valence-corrected chi connectivity index (χ0v) is 12.7. The van der Waals surface area contributed by atoms with Crippen LogP contribution >= 0.6 is 0 Å². The number of amides is 1. The first kappa shape index (κ1) is 14.5. The van der Waals surface area contributed by atoms with Crippen molar-refractivity contribution >= 4 is 5.91 Å². The van der Waals surface area contributed by atoms with Gasteiger partial charge >= 0.3 is 0 Å². The summed E-state index contributed by atoms with van der Waals surface area (Å²) in [6.45, 7) is 3.94. The number of ether oxygens (including phenoxy) is 2. The summed E-state index contributed by atoms with van der Waals surface area (Å²) in [6.07, 6.45) is 2.98. The number of aromatic nitrogens is 1. The lowest BCUT2D eigenvalue weighted by Gasteiger charge is -2.39. The highest BCUT2D eigenvalue weighted by Crippen LogP contribution is 2.35. The minimum Gasteiger partial charge on any atom is -0.379 e. The Kier molecular flexibility index (Phi) is 3.95. The predicted octanol–water partition coefficient (Wildman–Crippen LogP) is 1.80. The number of carbonyl (C=O) groups excluding carboxylic acids is 1. The van der Waals surface area contributed by atoms with Gasteiger partial charge in [-0.15, -0.1) is 0 Å². The molecule has 0 bridgehead atoms. The van der Waals surface area contributed by atoms with Crippen LogP contribution in [0, 0.1) is 6.92 Å². The first-order valence-corrected chi connectivity index (χ1v) is 7.52. The fourth-order valence-corrected chi connectivity index (χ4v) is 3.33. The standard InChI is InChI=1S/C16H22N2O3/c1-12-5-3-6-14(17-12)15(19)18-8-4-7-16(11-18)9-13(20-2)10-21-16/h3,5-6,13H,4,7-11H2,1-2H3/t13-,16+/m1/s1. The van der Waals surface area contributed by atoms with Gasteiger partial charge in [0.25, 0.3) is 5.91 Å². The third-order valence-electron chi connectivity index (χ3n) is 4.44. The number of piperidine rings is 1. The zero-order chi connectivity index (χ0) is 14.9. The summed E-state index contributed by atoms with van der Waals surface area (Å²) < 4.78 is 11.4. The van der Waals surface area contributed by atoms with Crippen LogP contribution in [0.15, 0.2) is 18.2 Å². The van der Waals surface area contributed by atoms with Gasteiger partial charge in [-0.2, -0.15) is 0 Å². The summed E-state index contributed by atoms with van der Waals surface area (Å²) in [5, 5.41) is 0. The topological polar surface area (TPSA) is 51.7 Å². The number of hydrogen-bond donors (Lipinski definition) is 0. The molecule has 2 fully saturated rings. The maximum absolute atomic E-state index is 12.6. The molecule has 1 amide bonds. The number of hydrogen-bond acceptors (Lipinski definition) is 4. The molecule has 0 N–H and O–H groups in total. The Bertz CT molecular complexity index is 534. The molecule has 2 atom stereocenters. The maximum atomic E-state index is 12.6. The van der Waals surface area contributed by atoms with Gasteiger partial charge in [0.15, 0.2) is 0 Å². The highest BCUT2D eigenvalue weighted by Gasteiger charge is 2.44. The van der Waals surface area contributed by atoms with Gasteiger partial charge in [-0.05, 0) is 31.9 Å². The predicted molar refractivity (Wildman–Crippen MR) is 78.2 cm³/mol. The van der Waals surface area contributed by atoms with E-state index in [0.717, 1.165) is 31.5 Å². The fourth-order valence-electron chi connectivity index (χ4n) is 3.33. The van der Waals surface area contributed by atoms with Crippen molar-refractivity contribution in [3.63, 3.8) is 0 Å². The Hall–Kier alpha value is -1.46. The SMILES string of the molecule is CO[C@H]1CO[C@@]2(CCCN(C(=O)c3cccc(C)n3)C2)C1. The highest BCUT2D eigenvalue weighted by molar-refractivity contribution is 5.92. The number of pyridine rings is 1. The van der Waals surface area contributed by atoms with Crippen molar-refractivity contribution in [2.24, 2.45) is 0 Å². The number of carbonyl (C=O) groups is 1. The van der Waals surface area contributed by atoms with Crippen LogP contribution in [0.1, 0.15) is 35.4 Å². The molecule has 0 radical (unpaired) electrons. The summed E-state index contributed by atoms with van der Waals surface area (Å²) in [6, 6.07) is 5.56. The van der Waals surface area contributed by atoms with Crippen molar-refractivity contribution in [1.29, 1.82) is 0 Å². The molecule has 0 aromatic carbocycles. The Balaban J connectivity index is 1.73. The highest BCUT2D eigenvalue weighted by atomic mass is 16.6. The summed E-state index contributed by atoms with van der Waals surface area (Å²) in [7, 11) is 1.72. The van der Waals surface area contributed by atoms with Gasteiger partial charge in [0.2, 0.25) is 0 Å². The van der Waals surface area contributed by atoms with Crippen molar-refractivity contribution in [3.05, 3.63) is 29.6 Å². The van der Waals surface area contributed by atoms with Gasteiger partial charge in [-0.1, -0.05) is 6.07 Å². The van der Waals surface area contributed by atoms with E-state index in [1.165, 1.54) is 0 Å². The minimum absolute atomic E-state index is 0.00208. The molecule has 114 valence electrons. The molecule has 0 unspecified atom stereocenters. The summed E-state index contributed by atoms with van der Waals surface area (Å²) in [5.74, 6) is 0.00208. The van der Waals surface area contributed by atoms with Crippen molar-refractivity contribution in [3.8, 4) is 0 Å². The summed E-state index contributed by atoms with van der Waals surface area (Å²) in [5.41, 5.74) is 1.16. The second-order valence-corrected chi connectivity index (χ2v) is 6.05. The molecule has 0 saturated carbocycles. The lowest BCUT2D eigenvalue weighted by Crippen LogP contribution is -2.50. The quantitative estimate of drug-likeness (QED) is 0.833. The lowest BCUT2D eigenvalue weighted by atomic mass is 9.89. The third-order valence-corrected chi connectivity index (χ3v) is 4.44. The zero-order valence-electron chi connectivity index (χ0n) is 12.7. The summed E-state index contributed by atoms with van der Waals surface area (Å²) >= 11 is 0. The van der Waals surface area contributed by atoms with Crippen LogP contribution in [0.3, 0.4) is 0 Å². The molecule has 2 aliphatic heterocycles. The van der Waals surface area contributed by atoms with E-state index in [1.807, 2.05) is 24.0 Å². The van der Waals surface area contributed by atoms with Crippen LogP contribution in [0.2, 0.25) is 0 Å². The Morgan fingerprint density at radius 3 is 3.10 bits per heavy atom. The first-order chi connectivity index (χ1) is 10.1. The van der Waals surface area contributed by atoms with Crippen LogP contribution in [-0.2, 0) is 9.47 Å². The van der Waals surface area contributed by atoms with Crippen molar-refractivity contribution in [1.82, 2.24) is 9.88 Å². The van der Waals surface area contributed by atoms with E-state index in [4.69, 9.17) is 9.47 Å². The van der Waals surface area contributed by atoms with E-state index in [1.54, 1.807) is 13.2 Å². The molecule has 5 nitrogen and oxygen atoms in total. The van der Waals surface area contributed by atoms with E-state index in [0.29, 0.717) is 18.8 Å². The van der Waals surface area contributed by atoms with Crippen molar-refractivity contribution < 1.29 is 14.3 Å². The molecule has 0 aliphatic carbocycles. The van der Waals surface area contributed by atoms with Crippen molar-refractivity contribution in [2.75, 3.05) is 26.8 Å². The third kappa shape index (κ3) is 2.94. The molecule has 2 aliphatic rings. The van der Waals surface area contributed by atoms with E-state index in [2.05, 4.69) is 4.98 Å². The number of aryl methyl sites for hydroxylation is 1. The van der Waals surface area contributed by atoms with Gasteiger partial charge in [0, 0.05) is 25.8 Å². The van der Waals surface area contributed by atoms with Gasteiger partial charge in [0.1, 0.15) is 5.69 Å². The monoisotopic (exact) mass is 290 g/mol. The number of likely N-dealkylation sites (tertiary alicyclic amines) is 1. The van der Waals surface area contributed by atoms with E-state index < -0.39 is 0 Å². The Morgan fingerprint density at radius 1 is 1.52 bits per heavy atom. The lowest BCUT2D eigenvalue weighted by molar-refractivity contribution is -0.0459. The molecule has 21 heavy (non-hydrogen) atoms. The van der Waals surface area contributed by atoms with E-state index in [-0.39, 0.29) is 17.6 Å². The largest absolute Gasteiger partial charge is 0.379 e. The number of methoxy groups -OCH3 is 1. The molecule has 3 heterocycles. The fraction of sp³-hybridized carbons (Fsp3) is 0.625. The van der Waals surface area contributed by atoms with Gasteiger partial charge < -0.3 is 14.4 Å². The number of rotatable bonds is 2. The van der Waals surface area contributed by atoms with Crippen molar-refractivity contribution in [2.45, 2.75) is 37.9 Å². The Labute approximate surface area is 125 Å². The summed E-state index contributed by atoms with van der Waals surface area (Å²) in [4.78, 5) is 18.8. The smallest absolute Gasteiger partial charge is 0.272 e. The second-order valence-electron chi connectivity index (χ2n) is 6.05. The van der Waals surface area contributed by atoms with E-state index >= 15 is 0 Å². The molecule has 1 aromatic rings. The van der Waals surface area contributed by atoms with Crippen LogP contribution < -0.4 is 0 Å². The Morgan fingerprint density at radius 2 is 2.38 bits per heavy atom. The molecule has 1 aromatic heterocycles.